The van der Waals surface area contributed by atoms with E-state index in [1.165, 1.54) is 64.2 Å². The Bertz CT molecular complexity index is 1740. The van der Waals surface area contributed by atoms with E-state index in [-0.39, 0.29) is 16.4 Å². The number of benzene rings is 2. The first-order valence-corrected chi connectivity index (χ1v) is 25.2. The number of likely N-dealkylation sites (tertiary alicyclic amines) is 1. The third-order valence-corrected chi connectivity index (χ3v) is 15.5. The summed E-state index contributed by atoms with van der Waals surface area (Å²) in [6.45, 7) is 13.7. The number of piperidine rings is 2. The van der Waals surface area contributed by atoms with Gasteiger partial charge in [0.05, 0.1) is 29.3 Å². The van der Waals surface area contributed by atoms with Gasteiger partial charge in [0.25, 0.3) is 0 Å². The Morgan fingerprint density at radius 2 is 1.36 bits per heavy atom. The van der Waals surface area contributed by atoms with Crippen molar-refractivity contribution >= 4 is 40.7 Å². The monoisotopic (exact) mass is 806 g/mol. The van der Waals surface area contributed by atoms with Gasteiger partial charge in [-0.15, -0.1) is 0 Å². The minimum absolute atomic E-state index is 0.224. The average Bonchev–Trinajstić information content (AvgIpc) is 3.23. The molecule has 3 aliphatic rings. The van der Waals surface area contributed by atoms with Gasteiger partial charge < -0.3 is 24.4 Å². The minimum Gasteiger partial charge on any atom is -0.494 e. The number of unbranched alkanes of at least 4 members (excludes halogenated alkanes) is 9. The van der Waals surface area contributed by atoms with Gasteiger partial charge >= 0.3 is 0 Å². The Labute approximate surface area is 338 Å². The van der Waals surface area contributed by atoms with Gasteiger partial charge in [-0.2, -0.15) is 0 Å². The maximum Gasteiger partial charge on any atom is 0.239 e. The molecule has 3 aliphatic heterocycles. The van der Waals surface area contributed by atoms with Gasteiger partial charge in [-0.3, -0.25) is 14.8 Å². The lowest BCUT2D eigenvalue weighted by atomic mass is 9.96. The zero-order chi connectivity index (χ0) is 39.3. The highest BCUT2D eigenvalue weighted by Crippen LogP contribution is 2.38. The molecule has 3 fully saturated rings. The number of fused-ring (bicyclic) bond motifs is 1. The zero-order valence-electron chi connectivity index (χ0n) is 34.2. The Kier molecular flexibility index (Phi) is 16.5. The van der Waals surface area contributed by atoms with E-state index < -0.39 is 18.9 Å². The fraction of sp³-hybridized carbons (Fsp3) is 0.659. The molecule has 4 heterocycles. The van der Waals surface area contributed by atoms with Gasteiger partial charge in [0.2, 0.25) is 18.9 Å². The van der Waals surface area contributed by atoms with Crippen LogP contribution in [0.5, 0.6) is 5.75 Å². The van der Waals surface area contributed by atoms with E-state index in [9.17, 15) is 18.3 Å². The number of sulfone groups is 1. The molecule has 3 aromatic rings. The van der Waals surface area contributed by atoms with E-state index >= 15 is 0 Å². The molecule has 0 atom stereocenters. The van der Waals surface area contributed by atoms with Crippen molar-refractivity contribution in [2.45, 2.75) is 125 Å². The smallest absolute Gasteiger partial charge is 0.239 e. The van der Waals surface area contributed by atoms with Crippen LogP contribution >= 0.6 is 0 Å². The van der Waals surface area contributed by atoms with Crippen molar-refractivity contribution in [3.05, 3.63) is 48.7 Å². The quantitative estimate of drug-likeness (QED) is 0.101. The van der Waals surface area contributed by atoms with Crippen molar-refractivity contribution < 1.29 is 23.1 Å². The lowest BCUT2D eigenvalue weighted by Gasteiger charge is -2.46. The van der Waals surface area contributed by atoms with Gasteiger partial charge in [0, 0.05) is 69.5 Å². The number of ether oxygens (including phenoxy) is 1. The van der Waals surface area contributed by atoms with Crippen molar-refractivity contribution in [2.24, 2.45) is 0 Å². The second-order valence-corrected chi connectivity index (χ2v) is 20.0. The van der Waals surface area contributed by atoms with Crippen LogP contribution in [-0.2, 0) is 9.84 Å². The summed E-state index contributed by atoms with van der Waals surface area (Å²) >= 11 is 0. The predicted octanol–water partition coefficient (Wildman–Crippen LogP) is 6.23. The number of hydrogen-bond acceptors (Lipinski definition) is 10. The van der Waals surface area contributed by atoms with Crippen LogP contribution < -0.4 is 14.8 Å². The number of nitrogens with zero attached hydrogens (tertiary/aromatic N) is 5. The molecule has 56 heavy (non-hydrogen) atoms. The number of aromatic nitrogens is 1. The molecule has 0 unspecified atom stereocenters. The Morgan fingerprint density at radius 3 is 1.96 bits per heavy atom. The van der Waals surface area contributed by atoms with E-state index in [0.717, 1.165) is 101 Å². The standard InChI is InChI=1S/C44H68N5O5SSi/c1-3-4-5-6-7-8-9-10-11-12-33-54-38-13-15-39(16-14-38)55(51,52)43-35-45-42-18-17-40(56(2)53)34-41(42)44(43)49-25-21-36(22-26-49)47-23-19-37(20-24-47)48-29-27-46(28-30-48)31-32-50/h13-18,34-37,50,53H,3-12,19-33H2,1-2H3. The topological polar surface area (TPSA) is 110 Å². The van der Waals surface area contributed by atoms with Gasteiger partial charge in [-0.1, -0.05) is 70.8 Å². The summed E-state index contributed by atoms with van der Waals surface area (Å²) < 4.78 is 35.0. The molecule has 0 spiro atoms. The molecule has 0 aliphatic carbocycles. The fourth-order valence-electron chi connectivity index (χ4n) is 9.09. The summed E-state index contributed by atoms with van der Waals surface area (Å²) in [5.41, 5.74) is 1.45. The van der Waals surface area contributed by atoms with E-state index in [2.05, 4.69) is 31.5 Å². The molecule has 0 amide bonds. The molecule has 1 radical (unpaired) electrons. The number of aliphatic hydroxyl groups is 1. The Hall–Kier alpha value is -2.58. The van der Waals surface area contributed by atoms with Crippen LogP contribution in [0.3, 0.4) is 0 Å². The molecule has 2 aromatic carbocycles. The summed E-state index contributed by atoms with van der Waals surface area (Å²) in [5.74, 6) is 0.689. The summed E-state index contributed by atoms with van der Waals surface area (Å²) in [7, 11) is -5.65. The number of piperazine rings is 1. The maximum absolute atomic E-state index is 14.5. The third kappa shape index (κ3) is 11.3. The van der Waals surface area contributed by atoms with Crippen LogP contribution in [0.4, 0.5) is 5.69 Å². The molecular weight excluding hydrogens is 739 g/mol. The molecule has 0 saturated carbocycles. The molecule has 10 nitrogen and oxygen atoms in total. The fourth-order valence-corrected chi connectivity index (χ4v) is 11.2. The van der Waals surface area contributed by atoms with Gasteiger partial charge in [0.15, 0.2) is 0 Å². The lowest BCUT2D eigenvalue weighted by Crippen LogP contribution is -2.55. The third-order valence-electron chi connectivity index (χ3n) is 12.5. The minimum atomic E-state index is -3.91. The first-order valence-electron chi connectivity index (χ1n) is 21.8. The molecule has 0 bridgehead atoms. The van der Waals surface area contributed by atoms with E-state index in [0.29, 0.717) is 30.1 Å². The van der Waals surface area contributed by atoms with Crippen LogP contribution in [0.25, 0.3) is 10.9 Å². The summed E-state index contributed by atoms with van der Waals surface area (Å²) in [4.78, 5) is 25.7. The van der Waals surface area contributed by atoms with Crippen molar-refractivity contribution in [1.82, 2.24) is 19.7 Å². The van der Waals surface area contributed by atoms with Crippen LogP contribution in [0.2, 0.25) is 6.55 Å². The first-order chi connectivity index (χ1) is 27.3. The van der Waals surface area contributed by atoms with E-state index in [1.54, 1.807) is 30.5 Å². The second kappa shape index (κ2) is 21.4. The van der Waals surface area contributed by atoms with Gasteiger partial charge in [-0.25, -0.2) is 8.42 Å². The van der Waals surface area contributed by atoms with Crippen molar-refractivity contribution in [3.63, 3.8) is 0 Å². The predicted molar refractivity (Wildman–Crippen MR) is 229 cm³/mol. The number of β-amino-alcohol motifs (C(OH)–C–C–N with tert-alkyl or cyclic N) is 1. The molecular formula is C44H68N5O5SSi. The highest BCUT2D eigenvalue weighted by molar-refractivity contribution is 7.91. The van der Waals surface area contributed by atoms with Crippen molar-refractivity contribution in [3.8, 4) is 5.75 Å². The number of aliphatic hydroxyl groups excluding tert-OH is 1. The summed E-state index contributed by atoms with van der Waals surface area (Å²) in [5, 5.41) is 10.9. The largest absolute Gasteiger partial charge is 0.494 e. The Balaban J connectivity index is 1.07. The van der Waals surface area contributed by atoms with E-state index in [1.807, 2.05) is 24.7 Å². The van der Waals surface area contributed by atoms with Crippen LogP contribution in [0, 0.1) is 0 Å². The van der Waals surface area contributed by atoms with Crippen LogP contribution in [0.1, 0.15) is 96.8 Å². The lowest BCUT2D eigenvalue weighted by molar-refractivity contribution is 0.0396. The number of hydrogen-bond donors (Lipinski definition) is 2. The van der Waals surface area contributed by atoms with Crippen LogP contribution in [0.15, 0.2) is 58.5 Å². The molecule has 3 saturated heterocycles. The first kappa shape index (κ1) is 43.0. The normalized spacial score (nSPS) is 18.7. The Morgan fingerprint density at radius 1 is 0.768 bits per heavy atom. The average molecular weight is 807 g/mol. The number of anilines is 1. The molecule has 309 valence electrons. The molecule has 2 N–H and O–H groups in total. The van der Waals surface area contributed by atoms with E-state index in [4.69, 9.17) is 4.74 Å². The maximum atomic E-state index is 14.5. The molecule has 6 rings (SSSR count). The molecule has 12 heteroatoms. The second-order valence-electron chi connectivity index (χ2n) is 16.4. The van der Waals surface area contributed by atoms with Gasteiger partial charge in [-0.05, 0) is 93.3 Å². The van der Waals surface area contributed by atoms with Crippen molar-refractivity contribution in [1.29, 1.82) is 0 Å². The zero-order valence-corrected chi connectivity index (χ0v) is 36.0. The van der Waals surface area contributed by atoms with Gasteiger partial charge in [0.1, 0.15) is 10.6 Å². The highest BCUT2D eigenvalue weighted by atomic mass is 32.2. The number of pyridine rings is 1. The van der Waals surface area contributed by atoms with Crippen LogP contribution in [-0.4, -0.2) is 131 Å². The molecule has 1 aromatic heterocycles. The highest BCUT2D eigenvalue weighted by Gasteiger charge is 2.34. The summed E-state index contributed by atoms with van der Waals surface area (Å²) in [6.07, 6.45) is 18.6. The van der Waals surface area contributed by atoms with Crippen molar-refractivity contribution in [2.75, 3.05) is 77.0 Å². The SMILES string of the molecule is CCCCCCCCCCCCOc1ccc(S(=O)(=O)c2cnc3ccc([Si](C)O)cc3c2N2CCC(N3CCC(N4CCN(CCO)CC4)CC3)CC2)cc1. The summed E-state index contributed by atoms with van der Waals surface area (Å²) in [6, 6.07) is 13.8. The number of rotatable bonds is 20.